The van der Waals surface area contributed by atoms with Crippen molar-refractivity contribution in [3.05, 3.63) is 86.6 Å². The molecule has 2 aromatic carbocycles. The van der Waals surface area contributed by atoms with Gasteiger partial charge in [-0.05, 0) is 70.2 Å². The first-order chi connectivity index (χ1) is 13.3. The van der Waals surface area contributed by atoms with E-state index in [1.165, 1.54) is 0 Å². The molecule has 1 heterocycles. The monoisotopic (exact) mass is 439 g/mol. The van der Waals surface area contributed by atoms with Gasteiger partial charge >= 0.3 is 5.97 Å². The maximum Gasteiger partial charge on any atom is 0.338 e. The molecule has 28 heavy (non-hydrogen) atoms. The normalized spacial score (nSPS) is 10.8. The minimum atomic E-state index is -0.484. The van der Waals surface area contributed by atoms with Crippen LogP contribution in [0.25, 0.3) is 5.69 Å². The molecule has 3 aromatic rings. The van der Waals surface area contributed by atoms with Crippen LogP contribution in [-0.4, -0.2) is 22.9 Å². The molecule has 0 spiro atoms. The van der Waals surface area contributed by atoms with Gasteiger partial charge in [-0.15, -0.1) is 0 Å². The van der Waals surface area contributed by atoms with Crippen molar-refractivity contribution in [3.63, 3.8) is 0 Å². The Hall–Kier alpha value is -2.66. The second-order valence-electron chi connectivity index (χ2n) is 6.97. The lowest BCUT2D eigenvalue weighted by atomic mass is 10.1. The third kappa shape index (κ3) is 4.25. The molecule has 0 atom stereocenters. The van der Waals surface area contributed by atoms with Crippen LogP contribution in [0.15, 0.2) is 53.0 Å². The average molecular weight is 440 g/mol. The first-order valence-electron chi connectivity index (χ1n) is 9.00. The van der Waals surface area contributed by atoms with Crippen LogP contribution in [0.2, 0.25) is 0 Å². The van der Waals surface area contributed by atoms with Crippen LogP contribution < -0.4 is 0 Å². The number of hydrogen-bond acceptors (Lipinski definition) is 3. The Bertz CT molecular complexity index is 1030. The standard InChI is InChI=1S/C23H22BrNO3/c1-14-9-15(2)11-18(10-14)23(27)28-13-22(26)21-12-16(3)25(17(21)4)20-7-5-19(24)6-8-20/h5-12H,13H2,1-4H3. The highest BCUT2D eigenvalue weighted by Gasteiger charge is 2.19. The largest absolute Gasteiger partial charge is 0.454 e. The number of carbonyl (C=O) groups excluding carboxylic acids is 2. The fourth-order valence-corrected chi connectivity index (χ4v) is 3.68. The summed E-state index contributed by atoms with van der Waals surface area (Å²) in [7, 11) is 0. The molecule has 0 saturated carbocycles. The molecule has 3 rings (SSSR count). The van der Waals surface area contributed by atoms with Crippen LogP contribution in [0.1, 0.15) is 43.2 Å². The number of esters is 1. The number of benzene rings is 2. The van der Waals surface area contributed by atoms with Crippen molar-refractivity contribution >= 4 is 27.7 Å². The van der Waals surface area contributed by atoms with Crippen molar-refractivity contribution in [3.8, 4) is 5.69 Å². The Morgan fingerprint density at radius 2 is 1.54 bits per heavy atom. The molecule has 0 aliphatic carbocycles. The molecule has 0 aliphatic heterocycles. The van der Waals surface area contributed by atoms with Gasteiger partial charge in [0.1, 0.15) is 0 Å². The van der Waals surface area contributed by atoms with E-state index in [1.54, 1.807) is 12.1 Å². The van der Waals surface area contributed by atoms with Gasteiger partial charge in [0.05, 0.1) is 5.56 Å². The van der Waals surface area contributed by atoms with Crippen molar-refractivity contribution in [2.45, 2.75) is 27.7 Å². The first-order valence-corrected chi connectivity index (χ1v) is 9.79. The molecule has 5 heteroatoms. The number of rotatable bonds is 5. The third-order valence-corrected chi connectivity index (χ3v) is 5.14. The van der Waals surface area contributed by atoms with Crippen LogP contribution >= 0.6 is 15.9 Å². The summed E-state index contributed by atoms with van der Waals surface area (Å²) < 4.78 is 8.29. The number of aryl methyl sites for hydroxylation is 3. The number of nitrogens with zero attached hydrogens (tertiary/aromatic N) is 1. The number of ether oxygens (including phenoxy) is 1. The number of carbonyl (C=O) groups is 2. The Labute approximate surface area is 173 Å². The minimum Gasteiger partial charge on any atom is -0.454 e. The zero-order chi connectivity index (χ0) is 20.4. The van der Waals surface area contributed by atoms with Crippen molar-refractivity contribution in [2.24, 2.45) is 0 Å². The van der Waals surface area contributed by atoms with Gasteiger partial charge in [-0.1, -0.05) is 33.1 Å². The average Bonchev–Trinajstić information content (AvgIpc) is 2.94. The number of ketones is 1. The molecule has 0 fully saturated rings. The van der Waals surface area contributed by atoms with E-state index in [0.29, 0.717) is 11.1 Å². The SMILES string of the molecule is Cc1cc(C)cc(C(=O)OCC(=O)c2cc(C)n(-c3ccc(Br)cc3)c2C)c1. The second-order valence-corrected chi connectivity index (χ2v) is 7.89. The predicted octanol–water partition coefficient (Wildman–Crippen LogP) is 5.51. The Morgan fingerprint density at radius 3 is 2.14 bits per heavy atom. The maximum atomic E-state index is 12.7. The number of halogens is 1. The zero-order valence-corrected chi connectivity index (χ0v) is 18.0. The van der Waals surface area contributed by atoms with E-state index in [4.69, 9.17) is 4.74 Å². The third-order valence-electron chi connectivity index (χ3n) is 4.61. The van der Waals surface area contributed by atoms with Gasteiger partial charge in [0, 0.05) is 27.1 Å². The van der Waals surface area contributed by atoms with Gasteiger partial charge in [-0.25, -0.2) is 4.79 Å². The number of hydrogen-bond donors (Lipinski definition) is 0. The Balaban J connectivity index is 1.77. The summed E-state index contributed by atoms with van der Waals surface area (Å²) in [5.74, 6) is -0.698. The Morgan fingerprint density at radius 1 is 0.929 bits per heavy atom. The number of Topliss-reactive ketones (excluding diaryl/α,β-unsaturated/α-hetero) is 1. The molecule has 4 nitrogen and oxygen atoms in total. The quantitative estimate of drug-likeness (QED) is 0.388. The summed E-state index contributed by atoms with van der Waals surface area (Å²) in [5.41, 5.74) is 5.74. The highest BCUT2D eigenvalue weighted by Crippen LogP contribution is 2.23. The molecular weight excluding hydrogens is 418 g/mol. The Kier molecular flexibility index (Phi) is 5.84. The summed E-state index contributed by atoms with van der Waals surface area (Å²) >= 11 is 3.43. The van der Waals surface area contributed by atoms with E-state index in [-0.39, 0.29) is 12.4 Å². The van der Waals surface area contributed by atoms with E-state index in [9.17, 15) is 9.59 Å². The summed E-state index contributed by atoms with van der Waals surface area (Å²) in [6.07, 6.45) is 0. The van der Waals surface area contributed by atoms with Crippen LogP contribution in [0.3, 0.4) is 0 Å². The van der Waals surface area contributed by atoms with Crippen LogP contribution in [-0.2, 0) is 4.74 Å². The lowest BCUT2D eigenvalue weighted by molar-refractivity contribution is 0.0474. The van der Waals surface area contributed by atoms with E-state index < -0.39 is 5.97 Å². The molecule has 0 saturated heterocycles. The van der Waals surface area contributed by atoms with Crippen LogP contribution in [0.4, 0.5) is 0 Å². The van der Waals surface area contributed by atoms with Crippen molar-refractivity contribution in [1.29, 1.82) is 0 Å². The van der Waals surface area contributed by atoms with Crippen molar-refractivity contribution in [1.82, 2.24) is 4.57 Å². The van der Waals surface area contributed by atoms with E-state index in [1.807, 2.05) is 68.7 Å². The molecule has 144 valence electrons. The topological polar surface area (TPSA) is 48.3 Å². The number of aromatic nitrogens is 1. The van der Waals surface area contributed by atoms with E-state index in [2.05, 4.69) is 15.9 Å². The summed E-state index contributed by atoms with van der Waals surface area (Å²) in [6, 6.07) is 15.2. The van der Waals surface area contributed by atoms with Gasteiger partial charge in [0.15, 0.2) is 6.61 Å². The van der Waals surface area contributed by atoms with E-state index >= 15 is 0 Å². The van der Waals surface area contributed by atoms with Gasteiger partial charge in [0.25, 0.3) is 0 Å². The summed E-state index contributed by atoms with van der Waals surface area (Å²) in [6.45, 7) is 7.41. The van der Waals surface area contributed by atoms with Crippen molar-refractivity contribution < 1.29 is 14.3 Å². The fourth-order valence-electron chi connectivity index (χ4n) is 3.42. The second kappa shape index (κ2) is 8.15. The van der Waals surface area contributed by atoms with Gasteiger partial charge in [-0.2, -0.15) is 0 Å². The lowest BCUT2D eigenvalue weighted by Crippen LogP contribution is -2.15. The maximum absolute atomic E-state index is 12.7. The zero-order valence-electron chi connectivity index (χ0n) is 16.4. The summed E-state index contributed by atoms with van der Waals surface area (Å²) in [4.78, 5) is 25.0. The van der Waals surface area contributed by atoms with Crippen LogP contribution in [0, 0.1) is 27.7 Å². The molecule has 0 unspecified atom stereocenters. The van der Waals surface area contributed by atoms with Gasteiger partial charge < -0.3 is 9.30 Å². The van der Waals surface area contributed by atoms with Crippen LogP contribution in [0.5, 0.6) is 0 Å². The van der Waals surface area contributed by atoms with Gasteiger partial charge in [-0.3, -0.25) is 4.79 Å². The minimum absolute atomic E-state index is 0.214. The van der Waals surface area contributed by atoms with Crippen molar-refractivity contribution in [2.75, 3.05) is 6.61 Å². The molecule has 0 amide bonds. The molecule has 0 radical (unpaired) electrons. The highest BCUT2D eigenvalue weighted by molar-refractivity contribution is 9.10. The highest BCUT2D eigenvalue weighted by atomic mass is 79.9. The molecule has 0 aliphatic rings. The predicted molar refractivity (Wildman–Crippen MR) is 113 cm³/mol. The molecular formula is C23H22BrNO3. The van der Waals surface area contributed by atoms with Gasteiger partial charge in [0.2, 0.25) is 5.78 Å². The molecule has 1 aromatic heterocycles. The lowest BCUT2D eigenvalue weighted by Gasteiger charge is -2.10. The first kappa shape index (κ1) is 20.1. The summed E-state index contributed by atoms with van der Waals surface area (Å²) in [5, 5.41) is 0. The molecule has 0 N–H and O–H groups in total. The molecule has 0 bridgehead atoms. The van der Waals surface area contributed by atoms with E-state index in [0.717, 1.165) is 32.7 Å². The smallest absolute Gasteiger partial charge is 0.338 e. The fraction of sp³-hybridized carbons (Fsp3) is 0.217.